The monoisotopic (exact) mass is 641 g/mol. The fraction of sp³-hybridized carbons (Fsp3) is 0.800. The molecule has 0 spiro atoms. The van der Waals surface area contributed by atoms with Crippen LogP contribution in [-0.4, -0.2) is 28.3 Å². The van der Waals surface area contributed by atoms with Crippen molar-refractivity contribution in [3.05, 3.63) is 47.6 Å². The van der Waals surface area contributed by atoms with Gasteiger partial charge in [-0.2, -0.15) is 0 Å². The molecule has 3 rings (SSSR count). The van der Waals surface area contributed by atoms with Gasteiger partial charge in [0.05, 0.1) is 11.7 Å². The van der Waals surface area contributed by atoms with E-state index < -0.39 is 16.6 Å². The lowest BCUT2D eigenvalue weighted by Crippen LogP contribution is -2.47. The first-order chi connectivity index (χ1) is 19.9. The average Bonchev–Trinajstić information content (AvgIpc) is 3.20. The summed E-state index contributed by atoms with van der Waals surface area (Å²) in [5, 5.41) is 0.452. The van der Waals surface area contributed by atoms with Gasteiger partial charge in [0.15, 0.2) is 16.6 Å². The van der Waals surface area contributed by atoms with E-state index in [0.29, 0.717) is 17.3 Å². The number of fused-ring (bicyclic) bond motifs is 1. The molecule has 4 heteroatoms. The lowest BCUT2D eigenvalue weighted by molar-refractivity contribution is 0.0939. The second-order valence-electron chi connectivity index (χ2n) is 19.0. The Morgan fingerprint density at radius 1 is 0.932 bits per heavy atom. The van der Waals surface area contributed by atoms with Crippen molar-refractivity contribution in [2.75, 3.05) is 0 Å². The molecule has 0 unspecified atom stereocenters. The van der Waals surface area contributed by atoms with Crippen LogP contribution in [0.25, 0.3) is 0 Å². The Bertz CT molecular complexity index is 1110. The Morgan fingerprint density at radius 3 is 2.14 bits per heavy atom. The van der Waals surface area contributed by atoms with Gasteiger partial charge in [-0.1, -0.05) is 104 Å². The molecule has 44 heavy (non-hydrogen) atoms. The van der Waals surface area contributed by atoms with Crippen molar-refractivity contribution >= 4 is 16.6 Å². The Morgan fingerprint density at radius 2 is 1.55 bits per heavy atom. The summed E-state index contributed by atoms with van der Waals surface area (Å²) >= 11 is 0. The van der Waals surface area contributed by atoms with E-state index in [2.05, 4.69) is 133 Å². The molecule has 3 saturated carbocycles. The first-order valence-corrected chi connectivity index (χ1v) is 23.8. The number of hydrogen-bond donors (Lipinski definition) is 0. The first kappa shape index (κ1) is 37.8. The van der Waals surface area contributed by atoms with Crippen LogP contribution in [0.1, 0.15) is 128 Å². The highest BCUT2D eigenvalue weighted by molar-refractivity contribution is 6.74. The number of hydrogen-bond acceptors (Lipinski definition) is 2. The van der Waals surface area contributed by atoms with Crippen molar-refractivity contribution in [1.82, 2.24) is 0 Å². The van der Waals surface area contributed by atoms with Crippen LogP contribution < -0.4 is 0 Å². The van der Waals surface area contributed by atoms with Crippen molar-refractivity contribution in [3.8, 4) is 0 Å². The summed E-state index contributed by atoms with van der Waals surface area (Å²) in [5.41, 5.74) is 4.87. The molecule has 2 nitrogen and oxygen atoms in total. The smallest absolute Gasteiger partial charge is 0.192 e. The highest BCUT2D eigenvalue weighted by Gasteiger charge is 2.50. The van der Waals surface area contributed by atoms with E-state index in [9.17, 15) is 0 Å². The molecule has 0 aromatic carbocycles. The maximum absolute atomic E-state index is 6.93. The van der Waals surface area contributed by atoms with Gasteiger partial charge in [-0.15, -0.1) is 0 Å². The Balaban J connectivity index is 1.70. The molecule has 0 aliphatic heterocycles. The van der Waals surface area contributed by atoms with Crippen molar-refractivity contribution < 1.29 is 8.85 Å². The summed E-state index contributed by atoms with van der Waals surface area (Å²) in [7, 11) is -3.64. The lowest BCUT2D eigenvalue weighted by Gasteiger charge is -2.44. The third-order valence-corrected chi connectivity index (χ3v) is 22.1. The quantitative estimate of drug-likeness (QED) is 0.184. The van der Waals surface area contributed by atoms with Crippen molar-refractivity contribution in [2.24, 2.45) is 29.1 Å². The molecule has 0 bridgehead atoms. The van der Waals surface area contributed by atoms with Gasteiger partial charge in [0.25, 0.3) is 0 Å². The van der Waals surface area contributed by atoms with Crippen LogP contribution in [0.15, 0.2) is 47.6 Å². The summed E-state index contributed by atoms with van der Waals surface area (Å²) in [6, 6.07) is 0. The number of allylic oxidation sites excluding steroid dienone is 4. The third kappa shape index (κ3) is 8.61. The molecule has 3 aliphatic carbocycles. The van der Waals surface area contributed by atoms with Crippen LogP contribution in [-0.2, 0) is 8.85 Å². The van der Waals surface area contributed by atoms with Gasteiger partial charge in [0.2, 0.25) is 0 Å². The minimum absolute atomic E-state index is 0.118. The second-order valence-corrected chi connectivity index (χ2v) is 28.5. The minimum atomic E-state index is -1.85. The summed E-state index contributed by atoms with van der Waals surface area (Å²) in [4.78, 5) is 0. The molecule has 3 fully saturated rings. The normalized spacial score (nSPS) is 32.1. The van der Waals surface area contributed by atoms with Gasteiger partial charge in [0, 0.05) is 0 Å². The van der Waals surface area contributed by atoms with Crippen molar-refractivity contribution in [2.45, 2.75) is 175 Å². The Kier molecular flexibility index (Phi) is 11.5. The van der Waals surface area contributed by atoms with Crippen molar-refractivity contribution in [1.29, 1.82) is 0 Å². The fourth-order valence-electron chi connectivity index (χ4n) is 8.03. The average molecular weight is 641 g/mol. The molecular weight excluding hydrogens is 569 g/mol. The standard InChI is InChI=1S/C40H72O2Si2/c1-29(19-17-25-39(10,11)42-44(15,16)38(7,8)9)34-23-24-35-33(20-18-26-40(34,35)12)22-21-32-27-30(2)31(3)36(28-32)41-43(13,14)37(4,5)6/h17,19,21-22,29-30,34-36H,3,18,20,23-28H2,1-2,4-16H3/b19-17+,32-21-,33-22+/t29-,30+,34+,35-,36+,40+/m0/s1. The zero-order chi connectivity index (χ0) is 33.5. The summed E-state index contributed by atoms with van der Waals surface area (Å²) in [6.45, 7) is 40.1. The minimum Gasteiger partial charge on any atom is -0.412 e. The molecule has 0 heterocycles. The van der Waals surface area contributed by atoms with E-state index >= 15 is 0 Å². The molecule has 252 valence electrons. The topological polar surface area (TPSA) is 18.5 Å². The molecular formula is C40H72O2Si2. The zero-order valence-electron chi connectivity index (χ0n) is 31.9. The third-order valence-electron chi connectivity index (χ3n) is 12.9. The largest absolute Gasteiger partial charge is 0.412 e. The predicted molar refractivity (Wildman–Crippen MR) is 199 cm³/mol. The fourth-order valence-corrected chi connectivity index (χ4v) is 11.1. The van der Waals surface area contributed by atoms with E-state index in [1.54, 1.807) is 11.1 Å². The second kappa shape index (κ2) is 13.4. The van der Waals surface area contributed by atoms with Gasteiger partial charge in [-0.25, -0.2) is 0 Å². The molecule has 3 aliphatic rings. The molecule has 0 amide bonds. The molecule has 0 radical (unpaired) electrons. The maximum atomic E-state index is 6.93. The van der Waals surface area contributed by atoms with Gasteiger partial charge in [-0.05, 0) is 136 Å². The highest BCUT2D eigenvalue weighted by Crippen LogP contribution is 2.59. The van der Waals surface area contributed by atoms with E-state index in [-0.39, 0.29) is 21.8 Å². The van der Waals surface area contributed by atoms with Crippen LogP contribution in [0.5, 0.6) is 0 Å². The summed E-state index contributed by atoms with van der Waals surface area (Å²) < 4.78 is 13.7. The van der Waals surface area contributed by atoms with E-state index in [1.165, 1.54) is 37.7 Å². The predicted octanol–water partition coefficient (Wildman–Crippen LogP) is 12.8. The van der Waals surface area contributed by atoms with Gasteiger partial charge in [0.1, 0.15) is 0 Å². The van der Waals surface area contributed by atoms with Gasteiger partial charge < -0.3 is 8.85 Å². The SMILES string of the molecule is C=C1[C@H](C)C/C(=C/C=C2\CCC[C@]3(C)[C@@H]([C@@H](C)/C=C/CC(C)(C)O[Si](C)(C)C(C)(C)C)CC[C@@H]23)C[C@H]1O[Si](C)(C)C(C)(C)C. The van der Waals surface area contributed by atoms with Gasteiger partial charge in [-0.3, -0.25) is 0 Å². The molecule has 0 aromatic heterocycles. The van der Waals surface area contributed by atoms with E-state index in [4.69, 9.17) is 8.85 Å². The number of rotatable bonds is 9. The van der Waals surface area contributed by atoms with E-state index in [0.717, 1.165) is 31.1 Å². The summed E-state index contributed by atoms with van der Waals surface area (Å²) in [5.74, 6) is 2.57. The maximum Gasteiger partial charge on any atom is 0.192 e. The Hall–Kier alpha value is -0.686. The first-order valence-electron chi connectivity index (χ1n) is 18.0. The zero-order valence-corrected chi connectivity index (χ0v) is 33.9. The van der Waals surface area contributed by atoms with Crippen LogP contribution >= 0.6 is 0 Å². The van der Waals surface area contributed by atoms with Crippen LogP contribution in [0.4, 0.5) is 0 Å². The van der Waals surface area contributed by atoms with Crippen molar-refractivity contribution in [3.63, 3.8) is 0 Å². The van der Waals surface area contributed by atoms with Gasteiger partial charge >= 0.3 is 0 Å². The molecule has 0 aromatic rings. The van der Waals surface area contributed by atoms with Crippen LogP contribution in [0, 0.1) is 29.1 Å². The van der Waals surface area contributed by atoms with E-state index in [1.807, 2.05) is 0 Å². The molecule has 0 N–H and O–H groups in total. The highest BCUT2D eigenvalue weighted by atomic mass is 28.4. The molecule has 0 saturated heterocycles. The Labute approximate surface area is 276 Å². The van der Waals surface area contributed by atoms with Crippen LogP contribution in [0.2, 0.25) is 36.3 Å². The molecule has 6 atom stereocenters. The lowest BCUT2D eigenvalue weighted by atomic mass is 9.61. The van der Waals surface area contributed by atoms with Crippen LogP contribution in [0.3, 0.4) is 0 Å². The summed E-state index contributed by atoms with van der Waals surface area (Å²) in [6.07, 6.45) is 20.0.